The number of carbonyl (C=O) groups excluding carboxylic acids is 1. The van der Waals surface area contributed by atoms with E-state index < -0.39 is 18.3 Å². The van der Waals surface area contributed by atoms with E-state index in [0.717, 1.165) is 25.7 Å². The molecular weight excluding hydrogens is 287 g/mol. The number of rotatable bonds is 7. The van der Waals surface area contributed by atoms with Crippen LogP contribution in [-0.4, -0.2) is 61.0 Å². The minimum atomic E-state index is -4.20. The highest BCUT2D eigenvalue weighted by molar-refractivity contribution is 5.74. The third-order valence-corrected chi connectivity index (χ3v) is 3.69. The summed E-state index contributed by atoms with van der Waals surface area (Å²) >= 11 is 0. The number of amides is 2. The molecule has 0 atom stereocenters. The van der Waals surface area contributed by atoms with Crippen LogP contribution in [0.1, 0.15) is 32.1 Å². The van der Waals surface area contributed by atoms with Crippen LogP contribution in [0.15, 0.2) is 0 Å². The van der Waals surface area contributed by atoms with E-state index in [9.17, 15) is 23.1 Å². The Labute approximate surface area is 122 Å². The molecule has 21 heavy (non-hydrogen) atoms. The molecule has 0 saturated heterocycles. The molecule has 0 heterocycles. The van der Waals surface area contributed by atoms with Gasteiger partial charge in [0.25, 0.3) is 0 Å². The first-order valence-corrected chi connectivity index (χ1v) is 7.18. The first kappa shape index (κ1) is 18.0. The van der Waals surface area contributed by atoms with Crippen molar-refractivity contribution in [3.63, 3.8) is 0 Å². The quantitative estimate of drug-likeness (QED) is 0.624. The maximum absolute atomic E-state index is 12.1. The third kappa shape index (κ3) is 6.99. The lowest BCUT2D eigenvalue weighted by molar-refractivity contribution is -0.143. The lowest BCUT2D eigenvalue weighted by Gasteiger charge is -2.28. The Kier molecular flexibility index (Phi) is 6.73. The monoisotopic (exact) mass is 311 g/mol. The fourth-order valence-corrected chi connectivity index (χ4v) is 2.60. The van der Waals surface area contributed by atoms with E-state index in [4.69, 9.17) is 0 Å². The summed E-state index contributed by atoms with van der Waals surface area (Å²) in [7, 11) is 1.40. The zero-order valence-electron chi connectivity index (χ0n) is 12.3. The molecule has 8 heteroatoms. The van der Waals surface area contributed by atoms with Crippen molar-refractivity contribution in [2.24, 2.45) is 0 Å². The van der Waals surface area contributed by atoms with Crippen LogP contribution in [0.25, 0.3) is 0 Å². The summed E-state index contributed by atoms with van der Waals surface area (Å²) in [6.07, 6.45) is -0.301. The molecule has 1 fully saturated rings. The van der Waals surface area contributed by atoms with Crippen molar-refractivity contribution >= 4 is 6.03 Å². The van der Waals surface area contributed by atoms with Crippen molar-refractivity contribution in [3.05, 3.63) is 0 Å². The van der Waals surface area contributed by atoms with E-state index in [2.05, 4.69) is 10.6 Å². The van der Waals surface area contributed by atoms with Gasteiger partial charge in [-0.2, -0.15) is 13.2 Å². The van der Waals surface area contributed by atoms with Gasteiger partial charge in [-0.3, -0.25) is 4.90 Å². The lowest BCUT2D eigenvalue weighted by atomic mass is 9.99. The van der Waals surface area contributed by atoms with Gasteiger partial charge in [-0.1, -0.05) is 12.8 Å². The van der Waals surface area contributed by atoms with E-state index in [1.165, 1.54) is 11.9 Å². The van der Waals surface area contributed by atoms with Gasteiger partial charge in [-0.05, 0) is 32.9 Å². The number of nitrogens with zero attached hydrogens (tertiary/aromatic N) is 1. The highest BCUT2D eigenvalue weighted by Crippen LogP contribution is 2.28. The first-order valence-electron chi connectivity index (χ1n) is 7.18. The summed E-state index contributed by atoms with van der Waals surface area (Å²) < 4.78 is 36.3. The molecule has 5 nitrogen and oxygen atoms in total. The topological polar surface area (TPSA) is 64.6 Å². The summed E-state index contributed by atoms with van der Waals surface area (Å²) in [6.45, 7) is -0.484. The van der Waals surface area contributed by atoms with Crippen LogP contribution in [0.2, 0.25) is 0 Å². The van der Waals surface area contributed by atoms with Crippen LogP contribution in [-0.2, 0) is 0 Å². The van der Waals surface area contributed by atoms with Crippen LogP contribution < -0.4 is 10.6 Å². The SMILES string of the molecule is CN(CCCNC(=O)NC1(CO)CCCC1)CC(F)(F)F. The molecule has 0 unspecified atom stereocenters. The second kappa shape index (κ2) is 7.84. The van der Waals surface area contributed by atoms with Gasteiger partial charge in [0, 0.05) is 6.54 Å². The van der Waals surface area contributed by atoms with Gasteiger partial charge in [0.05, 0.1) is 18.7 Å². The Morgan fingerprint density at radius 1 is 1.33 bits per heavy atom. The first-order chi connectivity index (χ1) is 9.76. The summed E-state index contributed by atoms with van der Waals surface area (Å²) in [5.41, 5.74) is -0.531. The number of urea groups is 1. The second-order valence-corrected chi connectivity index (χ2v) is 5.73. The normalized spacial score (nSPS) is 18.0. The molecule has 0 aromatic carbocycles. The fourth-order valence-electron chi connectivity index (χ4n) is 2.60. The molecule has 124 valence electrons. The smallest absolute Gasteiger partial charge is 0.394 e. The lowest BCUT2D eigenvalue weighted by Crippen LogP contribution is -2.53. The fraction of sp³-hybridized carbons (Fsp3) is 0.923. The van der Waals surface area contributed by atoms with Gasteiger partial charge in [0.1, 0.15) is 0 Å². The maximum Gasteiger partial charge on any atom is 0.401 e. The summed E-state index contributed by atoms with van der Waals surface area (Å²) in [5.74, 6) is 0. The standard InChI is InChI=1S/C13H24F3N3O2/c1-19(9-13(14,15)16)8-4-7-17-11(21)18-12(10-20)5-2-3-6-12/h20H,2-10H2,1H3,(H2,17,18,21). The molecule has 0 bridgehead atoms. The minimum absolute atomic E-state index is 0.0886. The van der Waals surface area contributed by atoms with Crippen LogP contribution in [0.3, 0.4) is 0 Å². The van der Waals surface area contributed by atoms with Crippen molar-refractivity contribution < 1.29 is 23.1 Å². The molecule has 0 aliphatic heterocycles. The van der Waals surface area contributed by atoms with E-state index in [1.807, 2.05) is 0 Å². The maximum atomic E-state index is 12.1. The van der Waals surface area contributed by atoms with Crippen molar-refractivity contribution in [2.45, 2.75) is 43.8 Å². The average molecular weight is 311 g/mol. The molecule has 1 saturated carbocycles. The van der Waals surface area contributed by atoms with Crippen LogP contribution in [0, 0.1) is 0 Å². The summed E-state index contributed by atoms with van der Waals surface area (Å²) in [5, 5.41) is 14.8. The zero-order chi connectivity index (χ0) is 15.9. The van der Waals surface area contributed by atoms with Crippen molar-refractivity contribution in [1.82, 2.24) is 15.5 Å². The minimum Gasteiger partial charge on any atom is -0.394 e. The zero-order valence-corrected chi connectivity index (χ0v) is 12.3. The predicted molar refractivity (Wildman–Crippen MR) is 73.0 cm³/mol. The van der Waals surface area contributed by atoms with E-state index in [0.29, 0.717) is 13.0 Å². The van der Waals surface area contributed by atoms with Gasteiger partial charge in [-0.15, -0.1) is 0 Å². The molecular formula is C13H24F3N3O2. The largest absolute Gasteiger partial charge is 0.401 e. The van der Waals surface area contributed by atoms with Crippen LogP contribution >= 0.6 is 0 Å². The molecule has 0 spiro atoms. The van der Waals surface area contributed by atoms with Gasteiger partial charge >= 0.3 is 12.2 Å². The number of halogens is 3. The van der Waals surface area contributed by atoms with Crippen molar-refractivity contribution in [2.75, 3.05) is 33.3 Å². The number of alkyl halides is 3. The average Bonchev–Trinajstić information content (AvgIpc) is 2.81. The Morgan fingerprint density at radius 3 is 2.48 bits per heavy atom. The number of nitrogens with one attached hydrogen (secondary N) is 2. The summed E-state index contributed by atoms with van der Waals surface area (Å²) in [6, 6.07) is -0.371. The predicted octanol–water partition coefficient (Wildman–Crippen LogP) is 1.47. The van der Waals surface area contributed by atoms with Crippen molar-refractivity contribution in [3.8, 4) is 0 Å². The molecule has 1 rings (SSSR count). The van der Waals surface area contributed by atoms with E-state index in [-0.39, 0.29) is 19.2 Å². The Hall–Kier alpha value is -1.02. The Bertz CT molecular complexity index is 331. The number of hydrogen-bond donors (Lipinski definition) is 3. The second-order valence-electron chi connectivity index (χ2n) is 5.73. The number of aliphatic hydroxyl groups is 1. The highest BCUT2D eigenvalue weighted by Gasteiger charge is 2.34. The van der Waals surface area contributed by atoms with Crippen LogP contribution in [0.4, 0.5) is 18.0 Å². The molecule has 0 aromatic rings. The molecule has 2 amide bonds. The Balaban J connectivity index is 2.16. The van der Waals surface area contributed by atoms with Gasteiger partial charge in [-0.25, -0.2) is 4.79 Å². The van der Waals surface area contributed by atoms with E-state index >= 15 is 0 Å². The van der Waals surface area contributed by atoms with Crippen molar-refractivity contribution in [1.29, 1.82) is 0 Å². The number of aliphatic hydroxyl groups excluding tert-OH is 1. The third-order valence-electron chi connectivity index (χ3n) is 3.69. The highest BCUT2D eigenvalue weighted by atomic mass is 19.4. The van der Waals surface area contributed by atoms with Crippen LogP contribution in [0.5, 0.6) is 0 Å². The number of hydrogen-bond acceptors (Lipinski definition) is 3. The molecule has 1 aliphatic rings. The summed E-state index contributed by atoms with van der Waals surface area (Å²) in [4.78, 5) is 12.9. The molecule has 1 aliphatic carbocycles. The number of carbonyl (C=O) groups is 1. The molecule has 0 radical (unpaired) electrons. The van der Waals surface area contributed by atoms with E-state index in [1.54, 1.807) is 0 Å². The Morgan fingerprint density at radius 2 is 1.95 bits per heavy atom. The van der Waals surface area contributed by atoms with Gasteiger partial charge in [0.2, 0.25) is 0 Å². The molecule has 0 aromatic heterocycles. The van der Waals surface area contributed by atoms with Gasteiger partial charge in [0.15, 0.2) is 0 Å². The molecule has 3 N–H and O–H groups in total. The van der Waals surface area contributed by atoms with Gasteiger partial charge < -0.3 is 15.7 Å².